The molecule has 1 aromatic heterocycles. The Hall–Kier alpha value is -2.67. The molecule has 1 N–H and O–H groups in total. The molecule has 1 atom stereocenters. The highest BCUT2D eigenvalue weighted by molar-refractivity contribution is 5.96. The fourth-order valence-electron chi connectivity index (χ4n) is 3.96. The summed E-state index contributed by atoms with van der Waals surface area (Å²) in [5.74, 6) is -0.0829. The topological polar surface area (TPSA) is 76.5 Å². The number of hydrogen-bond donors (Lipinski definition) is 1. The van der Waals surface area contributed by atoms with Gasteiger partial charge in [0.2, 0.25) is 0 Å². The first-order chi connectivity index (χ1) is 13.6. The van der Waals surface area contributed by atoms with Gasteiger partial charge < -0.3 is 15.0 Å². The molecule has 0 saturated carbocycles. The van der Waals surface area contributed by atoms with Crippen LogP contribution in [0.15, 0.2) is 24.4 Å². The molecule has 4 rings (SSSR count). The van der Waals surface area contributed by atoms with Gasteiger partial charge in [-0.05, 0) is 56.4 Å². The predicted octanol–water partition coefficient (Wildman–Crippen LogP) is 2.53. The number of benzene rings is 1. The second-order valence-electron chi connectivity index (χ2n) is 7.41. The second-order valence-corrected chi connectivity index (χ2v) is 7.41. The van der Waals surface area contributed by atoms with E-state index in [1.807, 2.05) is 41.6 Å². The minimum atomic E-state index is -0.354. The molecular formula is C21H26N4O3. The van der Waals surface area contributed by atoms with Crippen LogP contribution in [0.5, 0.6) is 0 Å². The van der Waals surface area contributed by atoms with Gasteiger partial charge in [0.05, 0.1) is 11.8 Å². The lowest BCUT2D eigenvalue weighted by molar-refractivity contribution is -0.124. The SMILES string of the molecule is CCn1ncc(C(=O)N2CCc3ccc(NC(=O)C4CCCO4)cc3C2)c1C. The Balaban J connectivity index is 1.48. The summed E-state index contributed by atoms with van der Waals surface area (Å²) in [5.41, 5.74) is 4.61. The molecule has 7 heteroatoms. The summed E-state index contributed by atoms with van der Waals surface area (Å²) in [6.07, 6.45) is 3.81. The minimum absolute atomic E-state index is 0.0108. The van der Waals surface area contributed by atoms with E-state index in [2.05, 4.69) is 10.4 Å². The average Bonchev–Trinajstić information content (AvgIpc) is 3.36. The number of rotatable bonds is 4. The van der Waals surface area contributed by atoms with Crippen LogP contribution in [-0.4, -0.2) is 45.8 Å². The van der Waals surface area contributed by atoms with Gasteiger partial charge in [0.1, 0.15) is 6.10 Å². The van der Waals surface area contributed by atoms with Gasteiger partial charge in [0, 0.05) is 37.6 Å². The predicted molar refractivity (Wildman–Crippen MR) is 105 cm³/mol. The Morgan fingerprint density at radius 3 is 2.89 bits per heavy atom. The second kappa shape index (κ2) is 7.75. The molecular weight excluding hydrogens is 356 g/mol. The maximum absolute atomic E-state index is 13.0. The van der Waals surface area contributed by atoms with Crippen molar-refractivity contribution in [3.8, 4) is 0 Å². The number of carbonyl (C=O) groups is 2. The lowest BCUT2D eigenvalue weighted by Gasteiger charge is -2.29. The molecule has 2 aliphatic rings. The van der Waals surface area contributed by atoms with E-state index >= 15 is 0 Å². The molecule has 2 aliphatic heterocycles. The van der Waals surface area contributed by atoms with Crippen LogP contribution < -0.4 is 5.32 Å². The van der Waals surface area contributed by atoms with E-state index < -0.39 is 0 Å². The number of hydrogen-bond acceptors (Lipinski definition) is 4. The van der Waals surface area contributed by atoms with Crippen molar-refractivity contribution in [3.05, 3.63) is 46.8 Å². The van der Waals surface area contributed by atoms with Crippen molar-refractivity contribution in [2.75, 3.05) is 18.5 Å². The van der Waals surface area contributed by atoms with Crippen molar-refractivity contribution in [1.82, 2.24) is 14.7 Å². The molecule has 0 radical (unpaired) electrons. The van der Waals surface area contributed by atoms with Gasteiger partial charge in [-0.2, -0.15) is 5.10 Å². The number of anilines is 1. The van der Waals surface area contributed by atoms with Crippen LogP contribution in [0, 0.1) is 6.92 Å². The number of aryl methyl sites for hydroxylation is 1. The summed E-state index contributed by atoms with van der Waals surface area (Å²) < 4.78 is 7.28. The summed E-state index contributed by atoms with van der Waals surface area (Å²) >= 11 is 0. The zero-order valence-electron chi connectivity index (χ0n) is 16.4. The molecule has 1 aromatic carbocycles. The smallest absolute Gasteiger partial charge is 0.257 e. The molecule has 0 spiro atoms. The lowest BCUT2D eigenvalue weighted by atomic mass is 9.98. The van der Waals surface area contributed by atoms with Crippen molar-refractivity contribution in [1.29, 1.82) is 0 Å². The zero-order valence-corrected chi connectivity index (χ0v) is 16.4. The van der Waals surface area contributed by atoms with Gasteiger partial charge in [-0.25, -0.2) is 0 Å². The highest BCUT2D eigenvalue weighted by Crippen LogP contribution is 2.25. The Bertz CT molecular complexity index is 899. The molecule has 148 valence electrons. The van der Waals surface area contributed by atoms with Crippen LogP contribution in [-0.2, 0) is 29.0 Å². The van der Waals surface area contributed by atoms with E-state index in [-0.39, 0.29) is 17.9 Å². The third-order valence-corrected chi connectivity index (χ3v) is 5.63. The summed E-state index contributed by atoms with van der Waals surface area (Å²) in [5, 5.41) is 7.24. The zero-order chi connectivity index (χ0) is 19.7. The number of carbonyl (C=O) groups excluding carboxylic acids is 2. The van der Waals surface area contributed by atoms with E-state index in [0.717, 1.165) is 42.8 Å². The van der Waals surface area contributed by atoms with Gasteiger partial charge >= 0.3 is 0 Å². The maximum atomic E-state index is 13.0. The number of fused-ring (bicyclic) bond motifs is 1. The minimum Gasteiger partial charge on any atom is -0.368 e. The monoisotopic (exact) mass is 382 g/mol. The lowest BCUT2D eigenvalue weighted by Crippen LogP contribution is -2.36. The van der Waals surface area contributed by atoms with Crippen LogP contribution in [0.2, 0.25) is 0 Å². The Labute approximate surface area is 164 Å². The van der Waals surface area contributed by atoms with E-state index in [1.54, 1.807) is 6.20 Å². The Morgan fingerprint density at radius 2 is 2.18 bits per heavy atom. The average molecular weight is 382 g/mol. The quantitative estimate of drug-likeness (QED) is 0.882. The Morgan fingerprint density at radius 1 is 1.32 bits per heavy atom. The van der Waals surface area contributed by atoms with Crippen molar-refractivity contribution in [2.24, 2.45) is 0 Å². The summed E-state index contributed by atoms with van der Waals surface area (Å²) in [6, 6.07) is 5.95. The normalized spacial score (nSPS) is 18.8. The van der Waals surface area contributed by atoms with Gasteiger partial charge in [0.15, 0.2) is 0 Å². The van der Waals surface area contributed by atoms with Crippen LogP contribution in [0.1, 0.15) is 46.9 Å². The number of nitrogens with one attached hydrogen (secondary N) is 1. The van der Waals surface area contributed by atoms with Crippen LogP contribution in [0.3, 0.4) is 0 Å². The molecule has 28 heavy (non-hydrogen) atoms. The van der Waals surface area contributed by atoms with Crippen molar-refractivity contribution in [2.45, 2.75) is 52.3 Å². The first kappa shape index (κ1) is 18.7. The molecule has 0 bridgehead atoms. The highest BCUT2D eigenvalue weighted by atomic mass is 16.5. The molecule has 3 heterocycles. The van der Waals surface area contributed by atoms with Crippen LogP contribution >= 0.6 is 0 Å². The number of ether oxygens (including phenoxy) is 1. The van der Waals surface area contributed by atoms with Gasteiger partial charge in [-0.3, -0.25) is 14.3 Å². The number of nitrogens with zero attached hydrogens (tertiary/aromatic N) is 3. The molecule has 2 aromatic rings. The van der Waals surface area contributed by atoms with Gasteiger partial charge in [-0.15, -0.1) is 0 Å². The Kier molecular flexibility index (Phi) is 5.17. The molecule has 1 unspecified atom stereocenters. The molecule has 1 saturated heterocycles. The molecule has 1 fully saturated rings. The number of aromatic nitrogens is 2. The van der Waals surface area contributed by atoms with Crippen molar-refractivity contribution >= 4 is 17.5 Å². The fraction of sp³-hybridized carbons (Fsp3) is 0.476. The largest absolute Gasteiger partial charge is 0.368 e. The van der Waals surface area contributed by atoms with E-state index in [9.17, 15) is 9.59 Å². The maximum Gasteiger partial charge on any atom is 0.257 e. The third kappa shape index (κ3) is 3.54. The summed E-state index contributed by atoms with van der Waals surface area (Å²) in [4.78, 5) is 27.1. The summed E-state index contributed by atoms with van der Waals surface area (Å²) in [6.45, 7) is 6.56. The third-order valence-electron chi connectivity index (χ3n) is 5.63. The van der Waals surface area contributed by atoms with E-state index in [4.69, 9.17) is 4.74 Å². The fourth-order valence-corrected chi connectivity index (χ4v) is 3.96. The molecule has 2 amide bonds. The van der Waals surface area contributed by atoms with Gasteiger partial charge in [0.25, 0.3) is 11.8 Å². The van der Waals surface area contributed by atoms with Crippen molar-refractivity contribution < 1.29 is 14.3 Å². The van der Waals surface area contributed by atoms with Gasteiger partial charge in [-0.1, -0.05) is 6.07 Å². The summed E-state index contributed by atoms with van der Waals surface area (Å²) in [7, 11) is 0. The standard InChI is InChI=1S/C21H26N4O3/c1-3-25-14(2)18(12-22-25)21(27)24-9-8-15-6-7-17(11-16(15)13-24)23-20(26)19-5-4-10-28-19/h6-7,11-12,19H,3-5,8-10,13H2,1-2H3,(H,23,26). The molecule has 7 nitrogen and oxygen atoms in total. The van der Waals surface area contributed by atoms with E-state index in [0.29, 0.717) is 25.3 Å². The van der Waals surface area contributed by atoms with Crippen LogP contribution in [0.4, 0.5) is 5.69 Å². The van der Waals surface area contributed by atoms with E-state index in [1.165, 1.54) is 5.56 Å². The first-order valence-corrected chi connectivity index (χ1v) is 9.92. The first-order valence-electron chi connectivity index (χ1n) is 9.92. The highest BCUT2D eigenvalue weighted by Gasteiger charge is 2.26. The molecule has 0 aliphatic carbocycles. The van der Waals surface area contributed by atoms with Crippen molar-refractivity contribution in [3.63, 3.8) is 0 Å². The van der Waals surface area contributed by atoms with Crippen LogP contribution in [0.25, 0.3) is 0 Å². The number of amides is 2.